The molecule has 86 valence electrons. The van der Waals surface area contributed by atoms with Gasteiger partial charge in [0.15, 0.2) is 0 Å². The Morgan fingerprint density at radius 3 is 2.44 bits per heavy atom. The zero-order chi connectivity index (χ0) is 12.5. The molecule has 1 aromatic rings. The highest BCUT2D eigenvalue weighted by molar-refractivity contribution is 9.11. The van der Waals surface area contributed by atoms with Crippen molar-refractivity contribution in [2.45, 2.75) is 6.92 Å². The van der Waals surface area contributed by atoms with Crippen molar-refractivity contribution in [3.8, 4) is 0 Å². The Morgan fingerprint density at radius 1 is 1.38 bits per heavy atom. The summed E-state index contributed by atoms with van der Waals surface area (Å²) in [6.45, 7) is 1.83. The number of hydrogen-bond acceptors (Lipinski definition) is 1. The summed E-state index contributed by atoms with van der Waals surface area (Å²) >= 11 is 9.88. The highest BCUT2D eigenvalue weighted by atomic mass is 79.9. The number of halogens is 4. The largest absolute Gasteiger partial charge is 0.476 e. The Labute approximate surface area is 117 Å². The maximum atomic E-state index is 13.0. The minimum atomic E-state index is -1.58. The molecule has 0 unspecified atom stereocenters. The fourth-order valence-corrected chi connectivity index (χ4v) is 3.38. The Kier molecular flexibility index (Phi) is 4.70. The minimum absolute atomic E-state index is 0.459. The molecule has 0 spiro atoms. The van der Waals surface area contributed by atoms with Gasteiger partial charge in [0, 0.05) is 19.0 Å². The predicted molar refractivity (Wildman–Crippen MR) is 71.0 cm³/mol. The first kappa shape index (κ1) is 13.9. The van der Waals surface area contributed by atoms with Gasteiger partial charge in [-0.2, -0.15) is 4.39 Å². The van der Waals surface area contributed by atoms with Crippen LogP contribution in [-0.2, 0) is 4.79 Å². The molecule has 2 nitrogen and oxygen atoms in total. The lowest BCUT2D eigenvalue weighted by Gasteiger charge is -2.08. The third-order valence-electron chi connectivity index (χ3n) is 1.91. The van der Waals surface area contributed by atoms with Gasteiger partial charge in [-0.25, -0.2) is 4.79 Å². The van der Waals surface area contributed by atoms with E-state index in [1.807, 2.05) is 6.92 Å². The van der Waals surface area contributed by atoms with Crippen LogP contribution < -0.4 is 0 Å². The zero-order valence-corrected chi connectivity index (χ0v) is 12.8. The smallest absolute Gasteiger partial charge is 0.364 e. The normalized spacial score (nSPS) is 11.7. The molecule has 0 saturated carbocycles. The maximum Gasteiger partial charge on any atom is 0.364 e. The van der Waals surface area contributed by atoms with Crippen molar-refractivity contribution in [2.75, 3.05) is 0 Å². The topological polar surface area (TPSA) is 37.3 Å². The molecule has 16 heavy (non-hydrogen) atoms. The number of carboxylic acid groups (broad SMARTS) is 1. The standard InChI is InChI=1S/C10H6Br3FO2/c1-4-6(11)3-7(12)5(9(4)13)2-8(14)10(15)16/h2-3H,1H3,(H,15,16). The fourth-order valence-electron chi connectivity index (χ4n) is 1.03. The van der Waals surface area contributed by atoms with E-state index in [2.05, 4.69) is 47.8 Å². The van der Waals surface area contributed by atoms with E-state index in [1.165, 1.54) is 0 Å². The van der Waals surface area contributed by atoms with E-state index >= 15 is 0 Å². The molecule has 6 heteroatoms. The van der Waals surface area contributed by atoms with Gasteiger partial charge in [0.1, 0.15) is 0 Å². The lowest BCUT2D eigenvalue weighted by Crippen LogP contribution is -1.95. The van der Waals surface area contributed by atoms with E-state index in [9.17, 15) is 9.18 Å². The van der Waals surface area contributed by atoms with Crippen molar-refractivity contribution < 1.29 is 14.3 Å². The van der Waals surface area contributed by atoms with Gasteiger partial charge < -0.3 is 5.11 Å². The van der Waals surface area contributed by atoms with Crippen molar-refractivity contribution >= 4 is 59.8 Å². The van der Waals surface area contributed by atoms with Gasteiger partial charge >= 0.3 is 5.97 Å². The van der Waals surface area contributed by atoms with Crippen LogP contribution in [0.1, 0.15) is 11.1 Å². The van der Waals surface area contributed by atoms with E-state index < -0.39 is 11.8 Å². The number of benzene rings is 1. The highest BCUT2D eigenvalue weighted by Gasteiger charge is 2.13. The molecule has 1 rings (SSSR count). The van der Waals surface area contributed by atoms with Gasteiger partial charge in [-0.15, -0.1) is 0 Å². The molecule has 0 bridgehead atoms. The average Bonchev–Trinajstić information content (AvgIpc) is 2.20. The molecule has 0 amide bonds. The molecule has 0 aliphatic carbocycles. The lowest BCUT2D eigenvalue weighted by atomic mass is 10.1. The van der Waals surface area contributed by atoms with Crippen LogP contribution in [-0.4, -0.2) is 11.1 Å². The molecule has 1 N–H and O–H groups in total. The van der Waals surface area contributed by atoms with Crippen LogP contribution in [0.5, 0.6) is 0 Å². The van der Waals surface area contributed by atoms with E-state index in [1.54, 1.807) is 6.07 Å². The highest BCUT2D eigenvalue weighted by Crippen LogP contribution is 2.35. The second-order valence-corrected chi connectivity index (χ2v) is 5.49. The third kappa shape index (κ3) is 2.93. The number of rotatable bonds is 2. The van der Waals surface area contributed by atoms with Crippen LogP contribution in [0, 0.1) is 6.92 Å². The van der Waals surface area contributed by atoms with E-state index in [0.29, 0.717) is 14.5 Å². The molecule has 0 aliphatic heterocycles. The van der Waals surface area contributed by atoms with Crippen molar-refractivity contribution in [1.29, 1.82) is 0 Å². The van der Waals surface area contributed by atoms with Gasteiger partial charge in [0.2, 0.25) is 5.83 Å². The first-order valence-corrected chi connectivity index (χ1v) is 6.47. The Morgan fingerprint density at radius 2 is 1.94 bits per heavy atom. The van der Waals surface area contributed by atoms with Crippen LogP contribution in [0.25, 0.3) is 6.08 Å². The van der Waals surface area contributed by atoms with Crippen LogP contribution in [0.2, 0.25) is 0 Å². The maximum absolute atomic E-state index is 13.0. The third-order valence-corrected chi connectivity index (χ3v) is 4.41. The number of hydrogen-bond donors (Lipinski definition) is 1. The molecule has 0 atom stereocenters. The average molecular weight is 417 g/mol. The molecule has 0 aromatic heterocycles. The van der Waals surface area contributed by atoms with Gasteiger partial charge in [-0.1, -0.05) is 31.9 Å². The van der Waals surface area contributed by atoms with Gasteiger partial charge in [0.25, 0.3) is 0 Å². The second kappa shape index (κ2) is 5.42. The Bertz CT molecular complexity index is 483. The van der Waals surface area contributed by atoms with E-state index in [4.69, 9.17) is 5.11 Å². The molecule has 0 saturated heterocycles. The monoisotopic (exact) mass is 414 g/mol. The van der Waals surface area contributed by atoms with Crippen molar-refractivity contribution in [3.05, 3.63) is 36.4 Å². The van der Waals surface area contributed by atoms with Crippen LogP contribution >= 0.6 is 47.8 Å². The van der Waals surface area contributed by atoms with Crippen molar-refractivity contribution in [2.24, 2.45) is 0 Å². The molecule has 0 radical (unpaired) electrons. The van der Waals surface area contributed by atoms with Crippen LogP contribution in [0.4, 0.5) is 4.39 Å². The van der Waals surface area contributed by atoms with Crippen LogP contribution in [0.3, 0.4) is 0 Å². The van der Waals surface area contributed by atoms with Crippen molar-refractivity contribution in [1.82, 2.24) is 0 Å². The minimum Gasteiger partial charge on any atom is -0.476 e. The number of carboxylic acids is 1. The number of carbonyl (C=O) groups is 1. The number of aliphatic carboxylic acids is 1. The van der Waals surface area contributed by atoms with Gasteiger partial charge in [-0.05, 0) is 40.6 Å². The summed E-state index contributed by atoms with van der Waals surface area (Å²) in [5, 5.41) is 8.47. The first-order chi connectivity index (χ1) is 7.34. The SMILES string of the molecule is Cc1c(Br)cc(Br)c(C=C(F)C(=O)O)c1Br. The molecular formula is C10H6Br3FO2. The van der Waals surface area contributed by atoms with Crippen LogP contribution in [0.15, 0.2) is 25.3 Å². The zero-order valence-electron chi connectivity index (χ0n) is 8.02. The Balaban J connectivity index is 3.41. The summed E-state index contributed by atoms with van der Waals surface area (Å²) in [6, 6.07) is 1.74. The van der Waals surface area contributed by atoms with E-state index in [-0.39, 0.29) is 0 Å². The summed E-state index contributed by atoms with van der Waals surface area (Å²) in [5.74, 6) is -2.79. The van der Waals surface area contributed by atoms with Gasteiger partial charge in [0.05, 0.1) is 0 Å². The summed E-state index contributed by atoms with van der Waals surface area (Å²) in [4.78, 5) is 10.4. The predicted octanol–water partition coefficient (Wildman–Crippen LogP) is 4.68. The summed E-state index contributed by atoms with van der Waals surface area (Å²) in [7, 11) is 0. The van der Waals surface area contributed by atoms with E-state index in [0.717, 1.165) is 16.1 Å². The fraction of sp³-hybridized carbons (Fsp3) is 0.100. The first-order valence-electron chi connectivity index (χ1n) is 4.09. The molecule has 0 fully saturated rings. The van der Waals surface area contributed by atoms with Gasteiger partial charge in [-0.3, -0.25) is 0 Å². The Hall–Kier alpha value is -0.200. The lowest BCUT2D eigenvalue weighted by molar-refractivity contribution is -0.134. The molecule has 0 aliphatic rings. The molecule has 0 heterocycles. The summed E-state index contributed by atoms with van der Waals surface area (Å²) in [5.41, 5.74) is 1.33. The van der Waals surface area contributed by atoms with Crippen molar-refractivity contribution in [3.63, 3.8) is 0 Å². The summed E-state index contributed by atoms with van der Waals surface area (Å²) < 4.78 is 15.1. The quantitative estimate of drug-likeness (QED) is 0.711. The second-order valence-electron chi connectivity index (χ2n) is 2.99. The summed E-state index contributed by atoms with van der Waals surface area (Å²) in [6.07, 6.45) is 0.968. The molecular weight excluding hydrogens is 411 g/mol. The molecule has 1 aromatic carbocycles.